The van der Waals surface area contributed by atoms with Crippen molar-refractivity contribution in [2.24, 2.45) is 5.92 Å². The SMILES string of the molecule is CCOc1ccc(S(=O)(=O)NCC2CCN(S(=O)(=O)N(C)C)CC2)cc1F. The fourth-order valence-electron chi connectivity index (χ4n) is 2.81. The first-order valence-electron chi connectivity index (χ1n) is 8.67. The van der Waals surface area contributed by atoms with Gasteiger partial charge in [-0.25, -0.2) is 17.5 Å². The Morgan fingerprint density at radius 2 is 1.85 bits per heavy atom. The summed E-state index contributed by atoms with van der Waals surface area (Å²) < 4.78 is 72.9. The molecule has 27 heavy (non-hydrogen) atoms. The van der Waals surface area contributed by atoms with Gasteiger partial charge < -0.3 is 4.74 Å². The highest BCUT2D eigenvalue weighted by atomic mass is 32.2. The fourth-order valence-corrected chi connectivity index (χ4v) is 5.07. The molecule has 2 rings (SSSR count). The zero-order valence-electron chi connectivity index (χ0n) is 15.7. The molecule has 0 atom stereocenters. The molecule has 1 aliphatic rings. The molecule has 0 amide bonds. The average Bonchev–Trinajstić information content (AvgIpc) is 2.62. The van der Waals surface area contributed by atoms with Crippen LogP contribution >= 0.6 is 0 Å². The van der Waals surface area contributed by atoms with Crippen molar-refractivity contribution in [3.8, 4) is 5.75 Å². The lowest BCUT2D eigenvalue weighted by atomic mass is 9.99. The average molecular weight is 424 g/mol. The van der Waals surface area contributed by atoms with Crippen LogP contribution in [0.25, 0.3) is 0 Å². The summed E-state index contributed by atoms with van der Waals surface area (Å²) in [5.41, 5.74) is 0. The molecule has 0 aliphatic carbocycles. The highest BCUT2D eigenvalue weighted by molar-refractivity contribution is 7.89. The molecular formula is C16H26FN3O5S2. The summed E-state index contributed by atoms with van der Waals surface area (Å²) in [6, 6.07) is 3.51. The molecule has 1 aromatic rings. The molecule has 0 unspecified atom stereocenters. The van der Waals surface area contributed by atoms with Crippen LogP contribution in [0.2, 0.25) is 0 Å². The van der Waals surface area contributed by atoms with Gasteiger partial charge in [0.1, 0.15) is 0 Å². The molecule has 8 nitrogen and oxygen atoms in total. The van der Waals surface area contributed by atoms with Crippen LogP contribution in [-0.2, 0) is 20.2 Å². The van der Waals surface area contributed by atoms with Crippen LogP contribution in [0.4, 0.5) is 4.39 Å². The van der Waals surface area contributed by atoms with Gasteiger partial charge in [0.2, 0.25) is 10.0 Å². The Kier molecular flexibility index (Phi) is 7.20. The molecule has 0 spiro atoms. The van der Waals surface area contributed by atoms with Gasteiger partial charge in [-0.15, -0.1) is 0 Å². The maximum Gasteiger partial charge on any atom is 0.281 e. The topological polar surface area (TPSA) is 96.0 Å². The van der Waals surface area contributed by atoms with Crippen molar-refractivity contribution in [1.82, 2.24) is 13.3 Å². The lowest BCUT2D eigenvalue weighted by molar-refractivity contribution is 0.263. The Morgan fingerprint density at radius 3 is 2.37 bits per heavy atom. The maximum absolute atomic E-state index is 13.9. The van der Waals surface area contributed by atoms with Gasteiger partial charge in [0.05, 0.1) is 11.5 Å². The van der Waals surface area contributed by atoms with Crippen molar-refractivity contribution in [2.45, 2.75) is 24.7 Å². The monoisotopic (exact) mass is 423 g/mol. The lowest BCUT2D eigenvalue weighted by Gasteiger charge is -2.32. The van der Waals surface area contributed by atoms with Crippen molar-refractivity contribution in [3.63, 3.8) is 0 Å². The van der Waals surface area contributed by atoms with Gasteiger partial charge in [-0.2, -0.15) is 17.0 Å². The minimum absolute atomic E-state index is 0.00548. The summed E-state index contributed by atoms with van der Waals surface area (Å²) in [5, 5.41) is 0. The zero-order chi connectivity index (χ0) is 20.2. The van der Waals surface area contributed by atoms with Gasteiger partial charge in [0.15, 0.2) is 11.6 Å². The van der Waals surface area contributed by atoms with Gasteiger partial charge >= 0.3 is 0 Å². The van der Waals surface area contributed by atoms with Gasteiger partial charge in [-0.3, -0.25) is 0 Å². The quantitative estimate of drug-likeness (QED) is 0.674. The number of benzene rings is 1. The fraction of sp³-hybridized carbons (Fsp3) is 0.625. The number of hydrogen-bond acceptors (Lipinski definition) is 5. The standard InChI is InChI=1S/C16H26FN3O5S2/c1-4-25-16-6-5-14(11-15(16)17)26(21,22)18-12-13-7-9-20(10-8-13)27(23,24)19(2)3/h5-6,11,13,18H,4,7-10,12H2,1-3H3. The van der Waals surface area contributed by atoms with E-state index < -0.39 is 26.0 Å². The number of piperidine rings is 1. The summed E-state index contributed by atoms with van der Waals surface area (Å²) in [5.74, 6) is -0.714. The normalized spacial score (nSPS) is 17.4. The first-order valence-corrected chi connectivity index (χ1v) is 11.6. The molecule has 1 aliphatic heterocycles. The molecular weight excluding hydrogens is 397 g/mol. The van der Waals surface area contributed by atoms with E-state index >= 15 is 0 Å². The highest BCUT2D eigenvalue weighted by Crippen LogP contribution is 2.23. The molecule has 0 aromatic heterocycles. The van der Waals surface area contributed by atoms with Crippen LogP contribution < -0.4 is 9.46 Å². The van der Waals surface area contributed by atoms with E-state index in [1.54, 1.807) is 6.92 Å². The van der Waals surface area contributed by atoms with Gasteiger partial charge in [0.25, 0.3) is 10.2 Å². The van der Waals surface area contributed by atoms with Crippen LogP contribution in [0.5, 0.6) is 5.75 Å². The third-order valence-electron chi connectivity index (χ3n) is 4.44. The molecule has 0 bridgehead atoms. The van der Waals surface area contributed by atoms with E-state index in [1.807, 2.05) is 0 Å². The van der Waals surface area contributed by atoms with E-state index in [0.29, 0.717) is 25.9 Å². The largest absolute Gasteiger partial charge is 0.491 e. The molecule has 1 fully saturated rings. The molecule has 11 heteroatoms. The summed E-state index contributed by atoms with van der Waals surface area (Å²) in [4.78, 5) is -0.170. The third kappa shape index (κ3) is 5.38. The van der Waals surface area contributed by atoms with Crippen LogP contribution in [0.3, 0.4) is 0 Å². The van der Waals surface area contributed by atoms with Crippen LogP contribution in [0, 0.1) is 11.7 Å². The summed E-state index contributed by atoms with van der Waals surface area (Å²) in [7, 11) is -4.35. The Balaban J connectivity index is 1.94. The van der Waals surface area contributed by atoms with Crippen molar-refractivity contribution in [2.75, 3.05) is 40.3 Å². The predicted octanol–water partition coefficient (Wildman–Crippen LogP) is 1.02. The summed E-state index contributed by atoms with van der Waals surface area (Å²) in [6.07, 6.45) is 1.10. The lowest BCUT2D eigenvalue weighted by Crippen LogP contribution is -2.45. The predicted molar refractivity (Wildman–Crippen MR) is 99.7 cm³/mol. The Bertz CT molecular complexity index is 851. The zero-order valence-corrected chi connectivity index (χ0v) is 17.3. The van der Waals surface area contributed by atoms with Crippen molar-refractivity contribution in [3.05, 3.63) is 24.0 Å². The number of ether oxygens (including phenoxy) is 1. The van der Waals surface area contributed by atoms with E-state index in [-0.39, 0.29) is 29.7 Å². The molecule has 154 valence electrons. The number of rotatable bonds is 8. The number of hydrogen-bond donors (Lipinski definition) is 1. The first-order chi connectivity index (χ1) is 12.6. The Hall–Kier alpha value is -1.27. The second-order valence-electron chi connectivity index (χ2n) is 6.51. The van der Waals surface area contributed by atoms with Gasteiger partial charge in [-0.1, -0.05) is 0 Å². The van der Waals surface area contributed by atoms with E-state index in [4.69, 9.17) is 4.74 Å². The Morgan fingerprint density at radius 1 is 1.22 bits per heavy atom. The number of halogens is 1. The molecule has 0 radical (unpaired) electrons. The van der Waals surface area contributed by atoms with Crippen molar-refractivity contribution >= 4 is 20.2 Å². The highest BCUT2D eigenvalue weighted by Gasteiger charge is 2.30. The minimum atomic E-state index is -3.85. The first kappa shape index (κ1) is 22.0. The second kappa shape index (κ2) is 8.82. The minimum Gasteiger partial charge on any atom is -0.491 e. The third-order valence-corrected chi connectivity index (χ3v) is 7.80. The van der Waals surface area contributed by atoms with Crippen molar-refractivity contribution < 1.29 is 26.0 Å². The van der Waals surface area contributed by atoms with Crippen LogP contribution in [0.1, 0.15) is 19.8 Å². The number of nitrogens with zero attached hydrogens (tertiary/aromatic N) is 2. The van der Waals surface area contributed by atoms with Crippen molar-refractivity contribution in [1.29, 1.82) is 0 Å². The van der Waals surface area contributed by atoms with Crippen LogP contribution in [-0.4, -0.2) is 65.8 Å². The Labute approximate surface area is 160 Å². The van der Waals surface area contributed by atoms with E-state index in [0.717, 1.165) is 10.4 Å². The van der Waals surface area contributed by atoms with Gasteiger partial charge in [0, 0.05) is 33.7 Å². The van der Waals surface area contributed by atoms with E-state index in [1.165, 1.54) is 30.5 Å². The van der Waals surface area contributed by atoms with E-state index in [9.17, 15) is 21.2 Å². The van der Waals surface area contributed by atoms with Gasteiger partial charge in [-0.05, 0) is 43.9 Å². The van der Waals surface area contributed by atoms with E-state index in [2.05, 4.69) is 4.72 Å². The summed E-state index contributed by atoms with van der Waals surface area (Å²) >= 11 is 0. The number of nitrogens with one attached hydrogen (secondary N) is 1. The molecule has 0 saturated carbocycles. The number of sulfonamides is 1. The second-order valence-corrected chi connectivity index (χ2v) is 10.4. The smallest absolute Gasteiger partial charge is 0.281 e. The molecule has 1 N–H and O–H groups in total. The summed E-state index contributed by atoms with van der Waals surface area (Å²) in [6.45, 7) is 2.84. The molecule has 1 saturated heterocycles. The maximum atomic E-state index is 13.9. The van der Waals surface area contributed by atoms with Crippen LogP contribution in [0.15, 0.2) is 23.1 Å². The molecule has 1 aromatic carbocycles. The molecule has 1 heterocycles.